The van der Waals surface area contributed by atoms with E-state index in [-0.39, 0.29) is 6.61 Å². The lowest BCUT2D eigenvalue weighted by molar-refractivity contribution is 0.281. The molecule has 19 heavy (non-hydrogen) atoms. The molecule has 0 amide bonds. The third-order valence-electron chi connectivity index (χ3n) is 2.57. The Bertz CT molecular complexity index is 555. The Morgan fingerprint density at radius 2 is 1.84 bits per heavy atom. The van der Waals surface area contributed by atoms with E-state index in [2.05, 4.69) is 15.9 Å². The predicted octanol–water partition coefficient (Wildman–Crippen LogP) is 4.13. The molecule has 0 atom stereocenters. The summed E-state index contributed by atoms with van der Waals surface area (Å²) in [6, 6.07) is 13.0. The van der Waals surface area contributed by atoms with Crippen LogP contribution < -0.4 is 9.47 Å². The van der Waals surface area contributed by atoms with Crippen LogP contribution in [0.5, 0.6) is 17.2 Å². The molecule has 0 aliphatic heterocycles. The van der Waals surface area contributed by atoms with Gasteiger partial charge in [-0.05, 0) is 36.8 Å². The number of halogens is 1. The first kappa shape index (κ1) is 13.9. The van der Waals surface area contributed by atoms with Gasteiger partial charge in [-0.15, -0.1) is 0 Å². The molecule has 0 radical (unpaired) electrons. The molecule has 1 N–H and O–H groups in total. The summed E-state index contributed by atoms with van der Waals surface area (Å²) in [7, 11) is 0. The van der Waals surface area contributed by atoms with Crippen molar-refractivity contribution in [2.24, 2.45) is 0 Å². The lowest BCUT2D eigenvalue weighted by atomic mass is 10.2. The zero-order valence-corrected chi connectivity index (χ0v) is 12.2. The molecule has 100 valence electrons. The number of benzene rings is 2. The number of aliphatic hydroxyl groups excluding tert-OH is 1. The average Bonchev–Trinajstić information content (AvgIpc) is 2.41. The minimum absolute atomic E-state index is 0.00358. The first-order chi connectivity index (χ1) is 9.24. The predicted molar refractivity (Wildman–Crippen MR) is 77.7 cm³/mol. The second-order valence-corrected chi connectivity index (χ2v) is 4.75. The molecule has 0 saturated heterocycles. The van der Waals surface area contributed by atoms with Crippen LogP contribution >= 0.6 is 15.9 Å². The van der Waals surface area contributed by atoms with Crippen molar-refractivity contribution in [3.05, 3.63) is 52.5 Å². The molecule has 2 rings (SSSR count). The highest BCUT2D eigenvalue weighted by Gasteiger charge is 2.06. The summed E-state index contributed by atoms with van der Waals surface area (Å²) in [6.07, 6.45) is 0. The zero-order valence-electron chi connectivity index (χ0n) is 10.6. The Balaban J connectivity index is 2.23. The molecule has 2 aromatic rings. The normalized spacial score (nSPS) is 10.3. The average molecular weight is 323 g/mol. The van der Waals surface area contributed by atoms with Crippen molar-refractivity contribution in [2.75, 3.05) is 6.61 Å². The summed E-state index contributed by atoms with van der Waals surface area (Å²) in [5, 5.41) is 9.12. The van der Waals surface area contributed by atoms with Crippen molar-refractivity contribution in [3.63, 3.8) is 0 Å². The van der Waals surface area contributed by atoms with Crippen LogP contribution in [0.3, 0.4) is 0 Å². The topological polar surface area (TPSA) is 38.7 Å². The van der Waals surface area contributed by atoms with E-state index >= 15 is 0 Å². The van der Waals surface area contributed by atoms with Crippen LogP contribution in [-0.4, -0.2) is 11.7 Å². The number of ether oxygens (including phenoxy) is 2. The maximum Gasteiger partial charge on any atom is 0.169 e. The Morgan fingerprint density at radius 1 is 1.11 bits per heavy atom. The van der Waals surface area contributed by atoms with E-state index in [1.165, 1.54) is 0 Å². The Morgan fingerprint density at radius 3 is 2.47 bits per heavy atom. The maximum atomic E-state index is 9.12. The van der Waals surface area contributed by atoms with Gasteiger partial charge in [-0.3, -0.25) is 0 Å². The molecule has 0 heterocycles. The monoisotopic (exact) mass is 322 g/mol. The number of hydrogen-bond acceptors (Lipinski definition) is 3. The number of hydrogen-bond donors (Lipinski definition) is 1. The molecular weight excluding hydrogens is 308 g/mol. The molecule has 0 aliphatic carbocycles. The molecule has 0 spiro atoms. The molecule has 0 aliphatic rings. The van der Waals surface area contributed by atoms with Gasteiger partial charge >= 0.3 is 0 Å². The first-order valence-corrected chi connectivity index (χ1v) is 6.83. The number of aliphatic hydroxyl groups is 1. The lowest BCUT2D eigenvalue weighted by Gasteiger charge is -2.12. The molecule has 4 heteroatoms. The fourth-order valence-electron chi connectivity index (χ4n) is 1.66. The van der Waals surface area contributed by atoms with E-state index in [1.54, 1.807) is 0 Å². The van der Waals surface area contributed by atoms with Crippen LogP contribution in [0.15, 0.2) is 46.9 Å². The maximum absolute atomic E-state index is 9.12. The third-order valence-corrected chi connectivity index (χ3v) is 3.31. The standard InChI is InChI=1S/C15H15BrO3/c1-2-18-14-5-3-4-6-15(14)19-12-8-7-11(10-17)13(16)9-12/h3-9,17H,2,10H2,1H3. The van der Waals surface area contributed by atoms with Crippen molar-refractivity contribution in [1.29, 1.82) is 0 Å². The number of rotatable bonds is 5. The third kappa shape index (κ3) is 3.49. The molecule has 3 nitrogen and oxygen atoms in total. The van der Waals surface area contributed by atoms with Gasteiger partial charge in [-0.25, -0.2) is 0 Å². The summed E-state index contributed by atoms with van der Waals surface area (Å²) in [6.45, 7) is 2.52. The highest BCUT2D eigenvalue weighted by molar-refractivity contribution is 9.10. The van der Waals surface area contributed by atoms with Crippen molar-refractivity contribution >= 4 is 15.9 Å². The van der Waals surface area contributed by atoms with Crippen LogP contribution in [0.4, 0.5) is 0 Å². The zero-order chi connectivity index (χ0) is 13.7. The van der Waals surface area contributed by atoms with Gasteiger partial charge in [0.05, 0.1) is 13.2 Å². The van der Waals surface area contributed by atoms with Gasteiger partial charge in [-0.2, -0.15) is 0 Å². The summed E-state index contributed by atoms with van der Waals surface area (Å²) >= 11 is 3.40. The van der Waals surface area contributed by atoms with E-state index in [0.717, 1.165) is 10.0 Å². The van der Waals surface area contributed by atoms with Crippen molar-refractivity contribution in [1.82, 2.24) is 0 Å². The second kappa shape index (κ2) is 6.59. The van der Waals surface area contributed by atoms with E-state index in [0.29, 0.717) is 23.9 Å². The fraction of sp³-hybridized carbons (Fsp3) is 0.200. The molecule has 0 unspecified atom stereocenters. The van der Waals surface area contributed by atoms with E-state index in [9.17, 15) is 0 Å². The fourth-order valence-corrected chi connectivity index (χ4v) is 2.14. The van der Waals surface area contributed by atoms with Crippen LogP contribution in [0.2, 0.25) is 0 Å². The SMILES string of the molecule is CCOc1ccccc1Oc1ccc(CO)c(Br)c1. The second-order valence-electron chi connectivity index (χ2n) is 3.89. The lowest BCUT2D eigenvalue weighted by Crippen LogP contribution is -1.95. The largest absolute Gasteiger partial charge is 0.490 e. The highest BCUT2D eigenvalue weighted by Crippen LogP contribution is 2.33. The smallest absolute Gasteiger partial charge is 0.169 e. The van der Waals surface area contributed by atoms with Gasteiger partial charge in [-0.1, -0.05) is 34.1 Å². The van der Waals surface area contributed by atoms with Crippen molar-refractivity contribution < 1.29 is 14.6 Å². The van der Waals surface area contributed by atoms with Gasteiger partial charge in [0, 0.05) is 4.47 Å². The quantitative estimate of drug-likeness (QED) is 0.899. The van der Waals surface area contributed by atoms with E-state index in [4.69, 9.17) is 14.6 Å². The molecular formula is C15H15BrO3. The number of para-hydroxylation sites is 2. The molecule has 0 saturated carbocycles. The van der Waals surface area contributed by atoms with Crippen LogP contribution in [0, 0.1) is 0 Å². The first-order valence-electron chi connectivity index (χ1n) is 6.03. The molecule has 0 bridgehead atoms. The van der Waals surface area contributed by atoms with Gasteiger partial charge in [0.2, 0.25) is 0 Å². The summed E-state index contributed by atoms with van der Waals surface area (Å²) < 4.78 is 12.1. The minimum Gasteiger partial charge on any atom is -0.490 e. The molecule has 0 aromatic heterocycles. The van der Waals surface area contributed by atoms with Gasteiger partial charge in [0.15, 0.2) is 11.5 Å². The Labute approximate surface area is 120 Å². The van der Waals surface area contributed by atoms with Gasteiger partial charge in [0.25, 0.3) is 0 Å². The van der Waals surface area contributed by atoms with Crippen molar-refractivity contribution in [2.45, 2.75) is 13.5 Å². The highest BCUT2D eigenvalue weighted by atomic mass is 79.9. The minimum atomic E-state index is -0.00358. The van der Waals surface area contributed by atoms with Crippen LogP contribution in [-0.2, 0) is 6.61 Å². The Hall–Kier alpha value is -1.52. The summed E-state index contributed by atoms with van der Waals surface area (Å²) in [5.74, 6) is 2.08. The molecule has 0 fully saturated rings. The van der Waals surface area contributed by atoms with E-state index < -0.39 is 0 Å². The summed E-state index contributed by atoms with van der Waals surface area (Å²) in [4.78, 5) is 0. The summed E-state index contributed by atoms with van der Waals surface area (Å²) in [5.41, 5.74) is 0.824. The van der Waals surface area contributed by atoms with Crippen LogP contribution in [0.1, 0.15) is 12.5 Å². The van der Waals surface area contributed by atoms with Crippen molar-refractivity contribution in [3.8, 4) is 17.2 Å². The van der Waals surface area contributed by atoms with E-state index in [1.807, 2.05) is 49.4 Å². The van der Waals surface area contributed by atoms with Gasteiger partial charge in [0.1, 0.15) is 5.75 Å². The van der Waals surface area contributed by atoms with Gasteiger partial charge < -0.3 is 14.6 Å². The molecule has 2 aromatic carbocycles. The Kier molecular flexibility index (Phi) is 4.82. The van der Waals surface area contributed by atoms with Crippen LogP contribution in [0.25, 0.3) is 0 Å².